The predicted molar refractivity (Wildman–Crippen MR) is 81.4 cm³/mol. The summed E-state index contributed by atoms with van der Waals surface area (Å²) in [6.45, 7) is 6.06. The molecule has 19 heavy (non-hydrogen) atoms. The fraction of sp³-hybridized carbons (Fsp3) is 0.500. The minimum Gasteiger partial charge on any atom is -0.360 e. The highest BCUT2D eigenvalue weighted by Crippen LogP contribution is 2.25. The molecule has 2 rings (SSSR count). The minimum atomic E-state index is 0.180. The summed E-state index contributed by atoms with van der Waals surface area (Å²) in [6.07, 6.45) is 0. The number of benzene rings is 1. The molecule has 0 atom stereocenters. The summed E-state index contributed by atoms with van der Waals surface area (Å²) >= 11 is 3.61. The number of carbonyl (C=O) groups excluding carboxylic acids is 1. The number of hydrogen-bond donors (Lipinski definition) is 1. The third-order valence-corrected chi connectivity index (χ3v) is 4.16. The molecule has 1 aliphatic rings. The summed E-state index contributed by atoms with van der Waals surface area (Å²) in [5, 5.41) is 3.31. The molecule has 0 spiro atoms. The molecule has 0 aromatic heterocycles. The van der Waals surface area contributed by atoms with Gasteiger partial charge in [0, 0.05) is 36.8 Å². The Morgan fingerprint density at radius 2 is 2.16 bits per heavy atom. The zero-order chi connectivity index (χ0) is 13.8. The van der Waals surface area contributed by atoms with Crippen molar-refractivity contribution in [1.82, 2.24) is 10.2 Å². The third-order valence-electron chi connectivity index (χ3n) is 3.42. The van der Waals surface area contributed by atoms with Crippen LogP contribution < -0.4 is 10.2 Å². The number of amides is 1. The summed E-state index contributed by atoms with van der Waals surface area (Å²) in [5.41, 5.74) is 2.35. The lowest BCUT2D eigenvalue weighted by atomic mass is 10.1. The van der Waals surface area contributed by atoms with Crippen LogP contribution in [0, 0.1) is 0 Å². The van der Waals surface area contributed by atoms with Crippen LogP contribution in [0.4, 0.5) is 5.69 Å². The molecule has 1 amide bonds. The second-order valence-electron chi connectivity index (χ2n) is 4.79. The summed E-state index contributed by atoms with van der Waals surface area (Å²) in [5.74, 6) is 0.180. The first-order valence-electron chi connectivity index (χ1n) is 6.60. The van der Waals surface area contributed by atoms with Crippen LogP contribution in [-0.2, 0) is 11.3 Å². The summed E-state index contributed by atoms with van der Waals surface area (Å²) < 4.78 is 1.09. The van der Waals surface area contributed by atoms with Crippen molar-refractivity contribution in [2.75, 3.05) is 38.1 Å². The van der Waals surface area contributed by atoms with Crippen molar-refractivity contribution < 1.29 is 4.79 Å². The van der Waals surface area contributed by atoms with E-state index in [1.54, 1.807) is 4.90 Å². The predicted octanol–water partition coefficient (Wildman–Crippen LogP) is 1.84. The number of hydrogen-bond acceptors (Lipinski definition) is 3. The molecule has 1 aromatic rings. The van der Waals surface area contributed by atoms with Gasteiger partial charge < -0.3 is 15.1 Å². The molecule has 0 unspecified atom stereocenters. The number of carbonyl (C=O) groups is 1. The van der Waals surface area contributed by atoms with Crippen molar-refractivity contribution in [1.29, 1.82) is 0 Å². The van der Waals surface area contributed by atoms with Crippen LogP contribution in [0.3, 0.4) is 0 Å². The quantitative estimate of drug-likeness (QED) is 0.917. The first-order chi connectivity index (χ1) is 9.11. The Bertz CT molecular complexity index is 464. The number of halogens is 1. The molecular formula is C14H20BrN3O. The molecule has 1 aliphatic heterocycles. The molecule has 5 heteroatoms. The number of likely N-dealkylation sites (N-methyl/N-ethyl adjacent to an activating group) is 1. The van der Waals surface area contributed by atoms with E-state index in [0.29, 0.717) is 6.54 Å². The SMILES string of the molecule is CCNCc1ccc(N2CCN(C)C(=O)C2)cc1Br. The lowest BCUT2D eigenvalue weighted by molar-refractivity contribution is -0.129. The van der Waals surface area contributed by atoms with Crippen LogP contribution in [0.1, 0.15) is 12.5 Å². The summed E-state index contributed by atoms with van der Waals surface area (Å²) in [6, 6.07) is 6.31. The first kappa shape index (κ1) is 14.3. The van der Waals surface area contributed by atoms with Crippen molar-refractivity contribution in [3.05, 3.63) is 28.2 Å². The highest BCUT2D eigenvalue weighted by Gasteiger charge is 2.21. The Labute approximate surface area is 122 Å². The average molecular weight is 326 g/mol. The van der Waals surface area contributed by atoms with Crippen LogP contribution in [-0.4, -0.2) is 44.0 Å². The van der Waals surface area contributed by atoms with E-state index in [1.807, 2.05) is 7.05 Å². The van der Waals surface area contributed by atoms with E-state index < -0.39 is 0 Å². The van der Waals surface area contributed by atoms with E-state index in [4.69, 9.17) is 0 Å². The Kier molecular flexibility index (Phi) is 4.82. The van der Waals surface area contributed by atoms with Crippen LogP contribution in [0.2, 0.25) is 0 Å². The zero-order valence-corrected chi connectivity index (χ0v) is 13.0. The van der Waals surface area contributed by atoms with Crippen molar-refractivity contribution in [2.45, 2.75) is 13.5 Å². The molecule has 1 saturated heterocycles. The van der Waals surface area contributed by atoms with Gasteiger partial charge in [-0.05, 0) is 24.2 Å². The molecule has 0 saturated carbocycles. The molecule has 1 heterocycles. The highest BCUT2D eigenvalue weighted by molar-refractivity contribution is 9.10. The number of anilines is 1. The molecule has 0 aliphatic carbocycles. The van der Waals surface area contributed by atoms with Gasteiger partial charge in [0.1, 0.15) is 0 Å². The van der Waals surface area contributed by atoms with Gasteiger partial charge in [0.25, 0.3) is 0 Å². The standard InChI is InChI=1S/C14H20BrN3O/c1-3-16-9-11-4-5-12(8-13(11)15)18-7-6-17(2)14(19)10-18/h4-5,8,16H,3,6-7,9-10H2,1-2H3. The van der Waals surface area contributed by atoms with Gasteiger partial charge in [0.05, 0.1) is 6.54 Å². The third kappa shape index (κ3) is 3.48. The number of piperazine rings is 1. The van der Waals surface area contributed by atoms with Crippen molar-refractivity contribution >= 4 is 27.5 Å². The van der Waals surface area contributed by atoms with Crippen LogP contribution in [0.15, 0.2) is 22.7 Å². The normalized spacial score (nSPS) is 16.1. The van der Waals surface area contributed by atoms with Gasteiger partial charge in [-0.3, -0.25) is 4.79 Å². The fourth-order valence-electron chi connectivity index (χ4n) is 2.11. The minimum absolute atomic E-state index is 0.180. The van der Waals surface area contributed by atoms with Gasteiger partial charge in [-0.15, -0.1) is 0 Å². The second-order valence-corrected chi connectivity index (χ2v) is 5.65. The molecule has 0 radical (unpaired) electrons. The van der Waals surface area contributed by atoms with Gasteiger partial charge in [0.2, 0.25) is 5.91 Å². The number of rotatable bonds is 4. The van der Waals surface area contributed by atoms with Crippen molar-refractivity contribution in [3.8, 4) is 0 Å². The smallest absolute Gasteiger partial charge is 0.241 e. The Hall–Kier alpha value is -1.07. The second kappa shape index (κ2) is 6.39. The van der Waals surface area contributed by atoms with E-state index in [-0.39, 0.29) is 5.91 Å². The lowest BCUT2D eigenvalue weighted by Crippen LogP contribution is -2.48. The number of nitrogens with zero attached hydrogens (tertiary/aromatic N) is 2. The molecule has 0 bridgehead atoms. The molecule has 1 N–H and O–H groups in total. The summed E-state index contributed by atoms with van der Waals surface area (Å²) in [7, 11) is 1.86. The first-order valence-corrected chi connectivity index (χ1v) is 7.39. The lowest BCUT2D eigenvalue weighted by Gasteiger charge is -2.33. The molecule has 4 nitrogen and oxygen atoms in total. The Balaban J connectivity index is 2.09. The van der Waals surface area contributed by atoms with E-state index >= 15 is 0 Å². The molecule has 1 fully saturated rings. The highest BCUT2D eigenvalue weighted by atomic mass is 79.9. The van der Waals surface area contributed by atoms with E-state index in [1.165, 1.54) is 5.56 Å². The monoisotopic (exact) mass is 325 g/mol. The molecular weight excluding hydrogens is 306 g/mol. The average Bonchev–Trinajstić information content (AvgIpc) is 2.40. The van der Waals surface area contributed by atoms with E-state index in [9.17, 15) is 4.79 Å². The zero-order valence-electron chi connectivity index (χ0n) is 11.4. The maximum absolute atomic E-state index is 11.7. The topological polar surface area (TPSA) is 35.6 Å². The maximum atomic E-state index is 11.7. The Morgan fingerprint density at radius 1 is 1.37 bits per heavy atom. The van der Waals surface area contributed by atoms with Crippen LogP contribution in [0.5, 0.6) is 0 Å². The number of nitrogens with one attached hydrogen (secondary N) is 1. The van der Waals surface area contributed by atoms with E-state index in [0.717, 1.165) is 36.3 Å². The van der Waals surface area contributed by atoms with Crippen LogP contribution in [0.25, 0.3) is 0 Å². The van der Waals surface area contributed by atoms with Gasteiger partial charge in [-0.1, -0.05) is 28.9 Å². The van der Waals surface area contributed by atoms with Gasteiger partial charge in [-0.2, -0.15) is 0 Å². The molecule has 104 valence electrons. The summed E-state index contributed by atoms with van der Waals surface area (Å²) in [4.78, 5) is 15.6. The van der Waals surface area contributed by atoms with Gasteiger partial charge >= 0.3 is 0 Å². The van der Waals surface area contributed by atoms with Gasteiger partial charge in [0.15, 0.2) is 0 Å². The maximum Gasteiger partial charge on any atom is 0.241 e. The fourth-order valence-corrected chi connectivity index (χ4v) is 2.62. The largest absolute Gasteiger partial charge is 0.360 e. The van der Waals surface area contributed by atoms with E-state index in [2.05, 4.69) is 51.3 Å². The van der Waals surface area contributed by atoms with Crippen LogP contribution >= 0.6 is 15.9 Å². The Morgan fingerprint density at radius 3 is 2.79 bits per heavy atom. The van der Waals surface area contributed by atoms with Gasteiger partial charge in [-0.25, -0.2) is 0 Å². The van der Waals surface area contributed by atoms with Crippen molar-refractivity contribution in [2.24, 2.45) is 0 Å². The van der Waals surface area contributed by atoms with Crippen molar-refractivity contribution in [3.63, 3.8) is 0 Å². The molecule has 1 aromatic carbocycles.